The van der Waals surface area contributed by atoms with Gasteiger partial charge in [-0.1, -0.05) is 0 Å². The first kappa shape index (κ1) is 17.1. The number of anilines is 1. The zero-order valence-electron chi connectivity index (χ0n) is 14.9. The van der Waals surface area contributed by atoms with E-state index < -0.39 is 0 Å². The lowest BCUT2D eigenvalue weighted by atomic mass is 9.82. The minimum absolute atomic E-state index is 0.253. The first-order chi connectivity index (χ1) is 11.6. The number of ether oxygens (including phenoxy) is 1. The highest BCUT2D eigenvalue weighted by molar-refractivity contribution is 5.87. The molecule has 3 heterocycles. The van der Waals surface area contributed by atoms with Gasteiger partial charge in [-0.25, -0.2) is 0 Å². The Morgan fingerprint density at radius 3 is 2.54 bits per heavy atom. The summed E-state index contributed by atoms with van der Waals surface area (Å²) in [5.41, 5.74) is 0.545. The number of carbonyl (C=O) groups is 1. The van der Waals surface area contributed by atoms with E-state index >= 15 is 0 Å². The van der Waals surface area contributed by atoms with Crippen molar-refractivity contribution in [3.05, 3.63) is 17.8 Å². The van der Waals surface area contributed by atoms with E-state index in [4.69, 9.17) is 4.74 Å². The molecule has 132 valence electrons. The first-order valence-electron chi connectivity index (χ1n) is 8.62. The van der Waals surface area contributed by atoms with Crippen molar-refractivity contribution in [2.45, 2.75) is 25.3 Å². The number of carbonyl (C=O) groups excluding carboxylic acids is 1. The quantitative estimate of drug-likeness (QED) is 0.802. The van der Waals surface area contributed by atoms with E-state index in [9.17, 15) is 4.79 Å². The molecule has 1 aromatic heterocycles. The van der Waals surface area contributed by atoms with E-state index in [-0.39, 0.29) is 11.4 Å². The molecule has 0 aliphatic carbocycles. The number of nitrogens with zero attached hydrogens (tertiary/aromatic N) is 5. The Labute approximate surface area is 143 Å². The van der Waals surface area contributed by atoms with Crippen LogP contribution >= 0.6 is 0 Å². The molecule has 2 fully saturated rings. The number of aryl methyl sites for hydroxylation is 1. The van der Waals surface area contributed by atoms with Crippen LogP contribution in [0.5, 0.6) is 0 Å². The molecule has 0 saturated carbocycles. The Bertz CT molecular complexity index is 567. The molecular formula is C17H27N5O2. The summed E-state index contributed by atoms with van der Waals surface area (Å²) in [5.74, 6) is 1.15. The van der Waals surface area contributed by atoms with E-state index in [0.29, 0.717) is 13.2 Å². The van der Waals surface area contributed by atoms with Gasteiger partial charge in [0.15, 0.2) is 5.82 Å². The standard InChI is InChI=1S/C17H27N5O2/c1-14-4-5-15(19-18-14)21-8-6-17(7-9-21)16(23)22(12-13-24-3)11-10-20(17)2/h4-5H,6-13H2,1-3H3. The van der Waals surface area contributed by atoms with E-state index in [1.165, 1.54) is 0 Å². The average molecular weight is 333 g/mol. The molecule has 1 aromatic rings. The maximum absolute atomic E-state index is 13.1. The van der Waals surface area contributed by atoms with Crippen LogP contribution in [-0.2, 0) is 9.53 Å². The Hall–Kier alpha value is -1.73. The summed E-state index contributed by atoms with van der Waals surface area (Å²) in [4.78, 5) is 19.5. The van der Waals surface area contributed by atoms with Gasteiger partial charge in [-0.05, 0) is 38.9 Å². The molecule has 2 aliphatic rings. The van der Waals surface area contributed by atoms with E-state index in [2.05, 4.69) is 27.0 Å². The molecule has 0 aromatic carbocycles. The predicted molar refractivity (Wildman–Crippen MR) is 92.0 cm³/mol. The van der Waals surface area contributed by atoms with Crippen LogP contribution in [0.3, 0.4) is 0 Å². The number of piperidine rings is 1. The van der Waals surface area contributed by atoms with Crippen molar-refractivity contribution < 1.29 is 9.53 Å². The van der Waals surface area contributed by atoms with Crippen LogP contribution < -0.4 is 4.90 Å². The van der Waals surface area contributed by atoms with Crippen molar-refractivity contribution in [3.63, 3.8) is 0 Å². The Kier molecular flexibility index (Phi) is 5.01. The van der Waals surface area contributed by atoms with Gasteiger partial charge in [-0.3, -0.25) is 9.69 Å². The molecular weight excluding hydrogens is 306 g/mol. The molecule has 7 nitrogen and oxygen atoms in total. The maximum atomic E-state index is 13.1. The van der Waals surface area contributed by atoms with Crippen molar-refractivity contribution in [1.82, 2.24) is 20.0 Å². The van der Waals surface area contributed by atoms with Crippen LogP contribution in [0.25, 0.3) is 0 Å². The second kappa shape index (κ2) is 7.03. The molecule has 0 radical (unpaired) electrons. The summed E-state index contributed by atoms with van der Waals surface area (Å²) in [6.07, 6.45) is 1.64. The minimum atomic E-state index is -0.374. The first-order valence-corrected chi connectivity index (χ1v) is 8.62. The van der Waals surface area contributed by atoms with Crippen molar-refractivity contribution in [2.75, 3.05) is 58.4 Å². The number of rotatable bonds is 4. The van der Waals surface area contributed by atoms with Crippen LogP contribution in [0, 0.1) is 6.92 Å². The van der Waals surface area contributed by atoms with Crippen LogP contribution in [0.15, 0.2) is 12.1 Å². The SMILES string of the molecule is COCCN1CCN(C)C2(CCN(c3ccc(C)nn3)CC2)C1=O. The van der Waals surface area contributed by atoms with E-state index in [0.717, 1.165) is 50.5 Å². The molecule has 0 atom stereocenters. The Morgan fingerprint density at radius 2 is 1.92 bits per heavy atom. The number of amides is 1. The molecule has 0 bridgehead atoms. The molecule has 0 N–H and O–H groups in total. The third kappa shape index (κ3) is 3.10. The van der Waals surface area contributed by atoms with Crippen LogP contribution in [-0.4, -0.2) is 84.9 Å². The molecule has 24 heavy (non-hydrogen) atoms. The fourth-order valence-electron chi connectivity index (χ4n) is 3.72. The molecule has 1 amide bonds. The lowest BCUT2D eigenvalue weighted by Crippen LogP contribution is -2.68. The van der Waals surface area contributed by atoms with E-state index in [1.54, 1.807) is 7.11 Å². The van der Waals surface area contributed by atoms with E-state index in [1.807, 2.05) is 24.0 Å². The number of hydrogen-bond acceptors (Lipinski definition) is 6. The molecule has 2 saturated heterocycles. The monoisotopic (exact) mass is 333 g/mol. The van der Waals surface area contributed by atoms with Gasteiger partial charge in [0.2, 0.25) is 5.91 Å². The normalized spacial score (nSPS) is 21.5. The average Bonchev–Trinajstić information content (AvgIpc) is 2.61. The van der Waals surface area contributed by atoms with Gasteiger partial charge in [-0.2, -0.15) is 5.10 Å². The third-order valence-electron chi connectivity index (χ3n) is 5.39. The van der Waals surface area contributed by atoms with Gasteiger partial charge in [0.1, 0.15) is 5.54 Å². The fourth-order valence-corrected chi connectivity index (χ4v) is 3.72. The summed E-state index contributed by atoms with van der Waals surface area (Å²) in [5, 5.41) is 8.42. The summed E-state index contributed by atoms with van der Waals surface area (Å²) >= 11 is 0. The fraction of sp³-hybridized carbons (Fsp3) is 0.706. The van der Waals surface area contributed by atoms with Crippen molar-refractivity contribution >= 4 is 11.7 Å². The van der Waals surface area contributed by atoms with Gasteiger partial charge in [0.05, 0.1) is 12.3 Å². The van der Waals surface area contributed by atoms with Crippen molar-refractivity contribution in [1.29, 1.82) is 0 Å². The molecule has 2 aliphatic heterocycles. The highest BCUT2D eigenvalue weighted by Gasteiger charge is 2.49. The zero-order valence-corrected chi connectivity index (χ0v) is 14.9. The van der Waals surface area contributed by atoms with Gasteiger partial charge in [0.25, 0.3) is 0 Å². The van der Waals surface area contributed by atoms with Crippen molar-refractivity contribution in [3.8, 4) is 0 Å². The summed E-state index contributed by atoms with van der Waals surface area (Å²) in [7, 11) is 3.75. The largest absolute Gasteiger partial charge is 0.383 e. The number of likely N-dealkylation sites (N-methyl/N-ethyl adjacent to an activating group) is 1. The number of piperazine rings is 1. The van der Waals surface area contributed by atoms with Gasteiger partial charge in [-0.15, -0.1) is 5.10 Å². The Balaban J connectivity index is 1.70. The lowest BCUT2D eigenvalue weighted by Gasteiger charge is -2.51. The maximum Gasteiger partial charge on any atom is 0.243 e. The summed E-state index contributed by atoms with van der Waals surface area (Å²) in [6, 6.07) is 3.99. The highest BCUT2D eigenvalue weighted by atomic mass is 16.5. The van der Waals surface area contributed by atoms with Crippen LogP contribution in [0.2, 0.25) is 0 Å². The van der Waals surface area contributed by atoms with Gasteiger partial charge < -0.3 is 14.5 Å². The lowest BCUT2D eigenvalue weighted by molar-refractivity contribution is -0.152. The minimum Gasteiger partial charge on any atom is -0.383 e. The second-order valence-electron chi connectivity index (χ2n) is 6.76. The van der Waals surface area contributed by atoms with Crippen molar-refractivity contribution in [2.24, 2.45) is 0 Å². The van der Waals surface area contributed by atoms with Crippen LogP contribution in [0.1, 0.15) is 18.5 Å². The zero-order chi connectivity index (χ0) is 17.2. The molecule has 7 heteroatoms. The number of methoxy groups -OCH3 is 1. The number of hydrogen-bond donors (Lipinski definition) is 0. The summed E-state index contributed by atoms with van der Waals surface area (Å²) in [6.45, 7) is 6.56. The third-order valence-corrected chi connectivity index (χ3v) is 5.39. The molecule has 0 unspecified atom stereocenters. The van der Waals surface area contributed by atoms with Gasteiger partial charge >= 0.3 is 0 Å². The number of aromatic nitrogens is 2. The molecule has 3 rings (SSSR count). The highest BCUT2D eigenvalue weighted by Crippen LogP contribution is 2.33. The second-order valence-corrected chi connectivity index (χ2v) is 6.76. The Morgan fingerprint density at radius 1 is 1.17 bits per heavy atom. The topological polar surface area (TPSA) is 61.8 Å². The van der Waals surface area contributed by atoms with Gasteiger partial charge in [0, 0.05) is 39.8 Å². The predicted octanol–water partition coefficient (Wildman–Crippen LogP) is 0.544. The molecule has 1 spiro atoms. The van der Waals surface area contributed by atoms with Crippen LogP contribution in [0.4, 0.5) is 5.82 Å². The summed E-state index contributed by atoms with van der Waals surface area (Å²) < 4.78 is 5.15. The smallest absolute Gasteiger partial charge is 0.243 e.